The van der Waals surface area contributed by atoms with Crippen molar-refractivity contribution >= 4 is 40.4 Å². The van der Waals surface area contributed by atoms with Crippen LogP contribution >= 0.6 is 11.6 Å². The molecule has 3 N–H and O–H groups in total. The Labute approximate surface area is 203 Å². The maximum atomic E-state index is 13.1. The van der Waals surface area contributed by atoms with Gasteiger partial charge in [-0.3, -0.25) is 4.90 Å². The Hall–Kier alpha value is -3.73. The van der Waals surface area contributed by atoms with Crippen LogP contribution in [0.3, 0.4) is 0 Å². The van der Waals surface area contributed by atoms with E-state index in [1.807, 2.05) is 24.3 Å². The molecule has 0 unspecified atom stereocenters. The van der Waals surface area contributed by atoms with Crippen LogP contribution in [0.4, 0.5) is 28.4 Å². The van der Waals surface area contributed by atoms with Crippen LogP contribution in [0, 0.1) is 0 Å². The number of rotatable bonds is 4. The standard InChI is InChI=1S/C23H21ClF3N5O3/c1-12(2)35-22(34)32-11-14(10-19(32)20-30-17-5-3-4-6-18(17)31-20)29-21(33)28-13-7-8-16(24)15(9-13)23(25,26)27/h3-9,14,19H,1,10-11H2,2H3,(H,30,31)(H2,28,29,33)/t14-,19-/m0/s1. The largest absolute Gasteiger partial charge is 0.417 e. The van der Waals surface area contributed by atoms with E-state index in [0.29, 0.717) is 17.8 Å². The number of imidazole rings is 1. The molecule has 35 heavy (non-hydrogen) atoms. The number of fused-ring (bicyclic) bond motifs is 1. The van der Waals surface area contributed by atoms with Gasteiger partial charge in [-0.15, -0.1) is 0 Å². The van der Waals surface area contributed by atoms with Crippen molar-refractivity contribution in [3.05, 3.63) is 71.2 Å². The Morgan fingerprint density at radius 2 is 2.00 bits per heavy atom. The highest BCUT2D eigenvalue weighted by molar-refractivity contribution is 6.31. The fraction of sp³-hybridized carbons (Fsp3) is 0.261. The summed E-state index contributed by atoms with van der Waals surface area (Å²) in [5.74, 6) is 0.720. The fourth-order valence-electron chi connectivity index (χ4n) is 3.91. The second kappa shape index (κ2) is 9.49. The smallest absolute Gasteiger partial charge is 0.416 e. The van der Waals surface area contributed by atoms with E-state index in [2.05, 4.69) is 27.2 Å². The summed E-state index contributed by atoms with van der Waals surface area (Å²) in [4.78, 5) is 34.4. The minimum atomic E-state index is -4.67. The number of carbonyl (C=O) groups excluding carboxylic acids is 2. The number of amides is 3. The van der Waals surface area contributed by atoms with Crippen LogP contribution in [0.1, 0.15) is 30.8 Å². The molecule has 0 aliphatic carbocycles. The van der Waals surface area contributed by atoms with Gasteiger partial charge in [0, 0.05) is 12.2 Å². The van der Waals surface area contributed by atoms with Gasteiger partial charge in [-0.2, -0.15) is 13.2 Å². The number of allylic oxidation sites excluding steroid dienone is 1. The van der Waals surface area contributed by atoms with E-state index < -0.39 is 41.0 Å². The molecule has 1 aliphatic rings. The van der Waals surface area contributed by atoms with Crippen LogP contribution in [-0.2, 0) is 10.9 Å². The Morgan fingerprint density at radius 3 is 2.69 bits per heavy atom. The van der Waals surface area contributed by atoms with Crippen molar-refractivity contribution in [2.75, 3.05) is 11.9 Å². The average Bonchev–Trinajstić information content (AvgIpc) is 3.37. The SMILES string of the molecule is C=C(C)OC(=O)N1C[C@@H](NC(=O)Nc2ccc(Cl)c(C(F)(F)F)c2)C[C@H]1c1nc2ccccc2[nH]1. The van der Waals surface area contributed by atoms with Gasteiger partial charge in [-0.05, 0) is 43.7 Å². The number of carbonyl (C=O) groups is 2. The summed E-state index contributed by atoms with van der Waals surface area (Å²) < 4.78 is 44.5. The zero-order valence-corrected chi connectivity index (χ0v) is 19.2. The second-order valence-electron chi connectivity index (χ2n) is 8.10. The number of likely N-dealkylation sites (tertiary alicyclic amines) is 1. The minimum absolute atomic E-state index is 0.0791. The Balaban J connectivity index is 1.50. The van der Waals surface area contributed by atoms with Gasteiger partial charge in [0.25, 0.3) is 0 Å². The molecule has 0 radical (unpaired) electrons. The number of urea groups is 1. The summed E-state index contributed by atoms with van der Waals surface area (Å²) in [6, 6.07) is 8.64. The van der Waals surface area contributed by atoms with Crippen LogP contribution in [0.15, 0.2) is 54.8 Å². The normalized spacial score (nSPS) is 17.9. The lowest BCUT2D eigenvalue weighted by Crippen LogP contribution is -2.40. The summed E-state index contributed by atoms with van der Waals surface area (Å²) >= 11 is 5.63. The molecule has 3 aromatic rings. The second-order valence-corrected chi connectivity index (χ2v) is 8.51. The number of hydrogen-bond donors (Lipinski definition) is 3. The number of halogens is 4. The maximum Gasteiger partial charge on any atom is 0.417 e. The third kappa shape index (κ3) is 5.51. The molecule has 12 heteroatoms. The number of H-pyrrole nitrogens is 1. The van der Waals surface area contributed by atoms with E-state index in [9.17, 15) is 22.8 Å². The highest BCUT2D eigenvalue weighted by Crippen LogP contribution is 2.36. The summed E-state index contributed by atoms with van der Waals surface area (Å²) in [6.07, 6.45) is -5.02. The van der Waals surface area contributed by atoms with E-state index in [1.165, 1.54) is 17.9 Å². The number of aromatic nitrogens is 2. The van der Waals surface area contributed by atoms with Gasteiger partial charge in [0.15, 0.2) is 0 Å². The van der Waals surface area contributed by atoms with Gasteiger partial charge < -0.3 is 20.4 Å². The number of para-hydroxylation sites is 2. The summed E-state index contributed by atoms with van der Waals surface area (Å²) in [5, 5.41) is 4.60. The predicted molar refractivity (Wildman–Crippen MR) is 124 cm³/mol. The zero-order chi connectivity index (χ0) is 25.3. The van der Waals surface area contributed by atoms with Gasteiger partial charge in [0.1, 0.15) is 5.82 Å². The van der Waals surface area contributed by atoms with Gasteiger partial charge in [-0.1, -0.05) is 30.3 Å². The van der Waals surface area contributed by atoms with Crippen molar-refractivity contribution in [1.29, 1.82) is 0 Å². The molecule has 184 valence electrons. The number of aromatic amines is 1. The molecule has 0 spiro atoms. The topological polar surface area (TPSA) is 99.3 Å². The highest BCUT2D eigenvalue weighted by Gasteiger charge is 2.40. The number of ether oxygens (including phenoxy) is 1. The molecule has 8 nitrogen and oxygen atoms in total. The first-order chi connectivity index (χ1) is 16.5. The molecule has 2 aromatic carbocycles. The molecule has 1 aliphatic heterocycles. The monoisotopic (exact) mass is 507 g/mol. The quantitative estimate of drug-likeness (QED) is 0.386. The van der Waals surface area contributed by atoms with Crippen LogP contribution in [0.25, 0.3) is 11.0 Å². The molecule has 1 saturated heterocycles. The number of benzene rings is 2. The van der Waals surface area contributed by atoms with E-state index in [4.69, 9.17) is 16.3 Å². The number of hydrogen-bond acceptors (Lipinski definition) is 4. The van der Waals surface area contributed by atoms with Crippen LogP contribution in [0.2, 0.25) is 5.02 Å². The number of nitrogens with one attached hydrogen (secondary N) is 3. The molecule has 0 saturated carbocycles. The van der Waals surface area contributed by atoms with E-state index in [1.54, 1.807) is 0 Å². The van der Waals surface area contributed by atoms with Crippen molar-refractivity contribution in [2.24, 2.45) is 0 Å². The third-order valence-corrected chi connectivity index (χ3v) is 5.71. The Kier molecular flexibility index (Phi) is 6.62. The molecular formula is C23H21ClF3N5O3. The lowest BCUT2D eigenvalue weighted by atomic mass is 10.1. The van der Waals surface area contributed by atoms with E-state index in [0.717, 1.165) is 17.6 Å². The molecule has 4 rings (SSSR count). The van der Waals surface area contributed by atoms with Crippen LogP contribution in [0.5, 0.6) is 0 Å². The average molecular weight is 508 g/mol. The molecule has 2 heterocycles. The Bertz CT molecular complexity index is 1260. The number of alkyl halides is 3. The molecular weight excluding hydrogens is 487 g/mol. The fourth-order valence-corrected chi connectivity index (χ4v) is 4.14. The third-order valence-electron chi connectivity index (χ3n) is 5.39. The minimum Gasteiger partial charge on any atom is -0.416 e. The number of nitrogens with zero attached hydrogens (tertiary/aromatic N) is 2. The van der Waals surface area contributed by atoms with Crippen molar-refractivity contribution in [3.8, 4) is 0 Å². The van der Waals surface area contributed by atoms with Gasteiger partial charge >= 0.3 is 18.3 Å². The summed E-state index contributed by atoms with van der Waals surface area (Å²) in [6.45, 7) is 5.21. The summed E-state index contributed by atoms with van der Waals surface area (Å²) in [5.41, 5.74) is 0.363. The zero-order valence-electron chi connectivity index (χ0n) is 18.4. The molecule has 0 bridgehead atoms. The van der Waals surface area contributed by atoms with Gasteiger partial charge in [0.05, 0.1) is 39.5 Å². The molecule has 1 aromatic heterocycles. The molecule has 3 amide bonds. The highest BCUT2D eigenvalue weighted by atomic mass is 35.5. The molecule has 2 atom stereocenters. The Morgan fingerprint density at radius 1 is 1.26 bits per heavy atom. The first kappa shape index (κ1) is 24.4. The van der Waals surface area contributed by atoms with Crippen molar-refractivity contribution in [1.82, 2.24) is 20.2 Å². The molecule has 1 fully saturated rings. The van der Waals surface area contributed by atoms with E-state index >= 15 is 0 Å². The van der Waals surface area contributed by atoms with Crippen molar-refractivity contribution in [3.63, 3.8) is 0 Å². The predicted octanol–water partition coefficient (Wildman–Crippen LogP) is 5.84. The first-order valence-electron chi connectivity index (χ1n) is 10.5. The van der Waals surface area contributed by atoms with Gasteiger partial charge in [-0.25, -0.2) is 14.6 Å². The van der Waals surface area contributed by atoms with Gasteiger partial charge in [0.2, 0.25) is 0 Å². The van der Waals surface area contributed by atoms with Crippen LogP contribution in [-0.4, -0.2) is 39.6 Å². The lowest BCUT2D eigenvalue weighted by Gasteiger charge is -2.22. The number of anilines is 1. The maximum absolute atomic E-state index is 13.1. The first-order valence-corrected chi connectivity index (χ1v) is 10.9. The lowest BCUT2D eigenvalue weighted by molar-refractivity contribution is -0.137. The van der Waals surface area contributed by atoms with Crippen LogP contribution < -0.4 is 10.6 Å². The van der Waals surface area contributed by atoms with Crippen molar-refractivity contribution in [2.45, 2.75) is 31.6 Å². The summed E-state index contributed by atoms with van der Waals surface area (Å²) in [7, 11) is 0. The van der Waals surface area contributed by atoms with Crippen molar-refractivity contribution < 1.29 is 27.5 Å². The van der Waals surface area contributed by atoms with E-state index in [-0.39, 0.29) is 18.0 Å².